The molecule has 128 valence electrons. The van der Waals surface area contributed by atoms with Gasteiger partial charge in [-0.25, -0.2) is 10.2 Å². The molecule has 1 fully saturated rings. The lowest BCUT2D eigenvalue weighted by molar-refractivity contribution is -0.139. The zero-order valence-corrected chi connectivity index (χ0v) is 13.6. The first-order chi connectivity index (χ1) is 11.6. The van der Waals surface area contributed by atoms with Crippen LogP contribution in [-0.4, -0.2) is 37.1 Å². The van der Waals surface area contributed by atoms with Crippen molar-refractivity contribution in [2.24, 2.45) is 5.10 Å². The molecule has 0 radical (unpaired) electrons. The SMILES string of the molecule is COC(=O)c1ccc(C=NNC(=O)C(=O)NC2CCCCC2)cc1. The Morgan fingerprint density at radius 3 is 2.38 bits per heavy atom. The van der Waals surface area contributed by atoms with Crippen LogP contribution in [0.25, 0.3) is 0 Å². The number of methoxy groups -OCH3 is 1. The predicted octanol–water partition coefficient (Wildman–Crippen LogP) is 1.37. The minimum atomic E-state index is -0.789. The van der Waals surface area contributed by atoms with E-state index in [9.17, 15) is 14.4 Å². The monoisotopic (exact) mass is 331 g/mol. The van der Waals surface area contributed by atoms with Crippen LogP contribution in [0.3, 0.4) is 0 Å². The van der Waals surface area contributed by atoms with Crippen LogP contribution < -0.4 is 10.7 Å². The molecule has 2 N–H and O–H groups in total. The summed E-state index contributed by atoms with van der Waals surface area (Å²) in [5.41, 5.74) is 3.29. The predicted molar refractivity (Wildman–Crippen MR) is 88.5 cm³/mol. The van der Waals surface area contributed by atoms with Crippen molar-refractivity contribution in [3.63, 3.8) is 0 Å². The summed E-state index contributed by atoms with van der Waals surface area (Å²) in [5, 5.41) is 6.47. The number of nitrogens with zero attached hydrogens (tertiary/aromatic N) is 1. The third-order valence-corrected chi connectivity index (χ3v) is 3.86. The van der Waals surface area contributed by atoms with Crippen LogP contribution in [0.4, 0.5) is 0 Å². The number of carbonyl (C=O) groups is 3. The smallest absolute Gasteiger partial charge is 0.337 e. The van der Waals surface area contributed by atoms with Crippen molar-refractivity contribution >= 4 is 24.0 Å². The maximum Gasteiger partial charge on any atom is 0.337 e. The first-order valence-electron chi connectivity index (χ1n) is 7.92. The highest BCUT2D eigenvalue weighted by molar-refractivity contribution is 6.35. The van der Waals surface area contributed by atoms with Crippen molar-refractivity contribution in [1.82, 2.24) is 10.7 Å². The van der Waals surface area contributed by atoms with Crippen LogP contribution in [0.1, 0.15) is 48.0 Å². The van der Waals surface area contributed by atoms with Crippen LogP contribution in [-0.2, 0) is 14.3 Å². The Kier molecular flexibility index (Phi) is 6.48. The molecule has 0 aromatic heterocycles. The van der Waals surface area contributed by atoms with Crippen LogP contribution in [0.15, 0.2) is 29.4 Å². The van der Waals surface area contributed by atoms with Gasteiger partial charge in [-0.2, -0.15) is 5.10 Å². The van der Waals surface area contributed by atoms with Crippen LogP contribution >= 0.6 is 0 Å². The summed E-state index contributed by atoms with van der Waals surface area (Å²) in [7, 11) is 1.31. The van der Waals surface area contributed by atoms with E-state index in [-0.39, 0.29) is 6.04 Å². The van der Waals surface area contributed by atoms with Gasteiger partial charge in [0, 0.05) is 6.04 Å². The summed E-state index contributed by atoms with van der Waals surface area (Å²) in [6.45, 7) is 0. The molecule has 1 aliphatic carbocycles. The van der Waals surface area contributed by atoms with Crippen LogP contribution in [0.2, 0.25) is 0 Å². The van der Waals surface area contributed by atoms with Gasteiger partial charge in [-0.3, -0.25) is 9.59 Å². The van der Waals surface area contributed by atoms with Gasteiger partial charge in [0.1, 0.15) is 0 Å². The molecule has 2 amide bonds. The molecule has 2 rings (SSSR count). The summed E-state index contributed by atoms with van der Waals surface area (Å²) in [4.78, 5) is 34.8. The van der Waals surface area contributed by atoms with Gasteiger partial charge < -0.3 is 10.1 Å². The molecular weight excluding hydrogens is 310 g/mol. The Bertz CT molecular complexity index is 619. The van der Waals surface area contributed by atoms with Gasteiger partial charge in [-0.15, -0.1) is 0 Å². The normalized spacial score (nSPS) is 15.0. The Hall–Kier alpha value is -2.70. The number of nitrogens with one attached hydrogen (secondary N) is 2. The van der Waals surface area contributed by atoms with E-state index < -0.39 is 17.8 Å². The number of hydrogen-bond donors (Lipinski definition) is 2. The number of esters is 1. The van der Waals surface area contributed by atoms with Crippen molar-refractivity contribution in [3.8, 4) is 0 Å². The minimum absolute atomic E-state index is 0.0758. The summed E-state index contributed by atoms with van der Waals surface area (Å²) in [6.07, 6.45) is 6.55. The van der Waals surface area contributed by atoms with E-state index in [1.807, 2.05) is 0 Å². The summed E-state index contributed by atoms with van der Waals surface area (Å²) in [6, 6.07) is 6.57. The molecule has 0 heterocycles. The van der Waals surface area contributed by atoms with Gasteiger partial charge in [0.25, 0.3) is 0 Å². The van der Waals surface area contributed by atoms with Gasteiger partial charge in [-0.05, 0) is 30.5 Å². The highest BCUT2D eigenvalue weighted by Gasteiger charge is 2.19. The number of benzene rings is 1. The molecule has 7 nitrogen and oxygen atoms in total. The number of hydrogen-bond acceptors (Lipinski definition) is 5. The molecule has 0 aliphatic heterocycles. The molecule has 1 aromatic carbocycles. The average molecular weight is 331 g/mol. The Balaban J connectivity index is 1.80. The van der Waals surface area contributed by atoms with Gasteiger partial charge >= 0.3 is 17.8 Å². The average Bonchev–Trinajstić information content (AvgIpc) is 2.62. The molecule has 7 heteroatoms. The van der Waals surface area contributed by atoms with Crippen molar-refractivity contribution in [2.45, 2.75) is 38.1 Å². The Morgan fingerprint density at radius 1 is 1.08 bits per heavy atom. The highest BCUT2D eigenvalue weighted by atomic mass is 16.5. The lowest BCUT2D eigenvalue weighted by Gasteiger charge is -2.22. The van der Waals surface area contributed by atoms with Gasteiger partial charge in [0.2, 0.25) is 0 Å². The first-order valence-corrected chi connectivity index (χ1v) is 7.92. The zero-order valence-electron chi connectivity index (χ0n) is 13.6. The Morgan fingerprint density at radius 2 is 1.75 bits per heavy atom. The molecule has 1 saturated carbocycles. The second-order valence-corrected chi connectivity index (χ2v) is 5.62. The topological polar surface area (TPSA) is 96.9 Å². The van der Waals surface area contributed by atoms with Gasteiger partial charge in [-0.1, -0.05) is 31.4 Å². The summed E-state index contributed by atoms with van der Waals surface area (Å²) >= 11 is 0. The van der Waals surface area contributed by atoms with E-state index >= 15 is 0 Å². The van der Waals surface area contributed by atoms with Crippen molar-refractivity contribution in [3.05, 3.63) is 35.4 Å². The maximum atomic E-state index is 11.8. The van der Waals surface area contributed by atoms with E-state index in [1.165, 1.54) is 19.7 Å². The molecule has 0 bridgehead atoms. The van der Waals surface area contributed by atoms with Crippen molar-refractivity contribution < 1.29 is 19.1 Å². The number of ether oxygens (including phenoxy) is 1. The largest absolute Gasteiger partial charge is 0.465 e. The molecule has 1 aromatic rings. The second-order valence-electron chi connectivity index (χ2n) is 5.62. The van der Waals surface area contributed by atoms with Crippen LogP contribution in [0, 0.1) is 0 Å². The van der Waals surface area contributed by atoms with Gasteiger partial charge in [0.05, 0.1) is 18.9 Å². The van der Waals surface area contributed by atoms with E-state index in [4.69, 9.17) is 0 Å². The molecular formula is C17H21N3O4. The molecule has 0 atom stereocenters. The number of hydrazone groups is 1. The number of amides is 2. The van der Waals surface area contributed by atoms with Crippen LogP contribution in [0.5, 0.6) is 0 Å². The maximum absolute atomic E-state index is 11.8. The van der Waals surface area contributed by atoms with Crippen molar-refractivity contribution in [2.75, 3.05) is 7.11 Å². The first kappa shape index (κ1) is 17.7. The molecule has 1 aliphatic rings. The van der Waals surface area contributed by atoms with E-state index in [0.717, 1.165) is 25.7 Å². The van der Waals surface area contributed by atoms with E-state index in [2.05, 4.69) is 20.6 Å². The van der Waals surface area contributed by atoms with Gasteiger partial charge in [0.15, 0.2) is 0 Å². The molecule has 0 unspecified atom stereocenters. The fourth-order valence-electron chi connectivity index (χ4n) is 2.54. The third kappa shape index (κ3) is 5.19. The summed E-state index contributed by atoms with van der Waals surface area (Å²) < 4.78 is 4.60. The molecule has 0 spiro atoms. The van der Waals surface area contributed by atoms with Crippen molar-refractivity contribution in [1.29, 1.82) is 0 Å². The molecule has 24 heavy (non-hydrogen) atoms. The zero-order chi connectivity index (χ0) is 17.4. The number of rotatable bonds is 4. The van der Waals surface area contributed by atoms with E-state index in [0.29, 0.717) is 11.1 Å². The molecule has 0 saturated heterocycles. The number of carbonyl (C=O) groups excluding carboxylic acids is 3. The second kappa shape index (κ2) is 8.81. The fourth-order valence-corrected chi connectivity index (χ4v) is 2.54. The quantitative estimate of drug-likeness (QED) is 0.377. The summed E-state index contributed by atoms with van der Waals surface area (Å²) in [5.74, 6) is -1.88. The fraction of sp³-hybridized carbons (Fsp3) is 0.412. The van der Waals surface area contributed by atoms with E-state index in [1.54, 1.807) is 24.3 Å². The lowest BCUT2D eigenvalue weighted by Crippen LogP contribution is -2.44. The Labute approximate surface area is 140 Å². The standard InChI is InChI=1S/C17H21N3O4/c1-24-17(23)13-9-7-12(8-10-13)11-18-20-16(22)15(21)19-14-5-3-2-4-6-14/h7-11,14H,2-6H2,1H3,(H,19,21)(H,20,22). The minimum Gasteiger partial charge on any atom is -0.465 e. The highest BCUT2D eigenvalue weighted by Crippen LogP contribution is 2.17. The third-order valence-electron chi connectivity index (χ3n) is 3.86. The lowest BCUT2D eigenvalue weighted by atomic mass is 9.95.